The molecule has 1 aliphatic rings. The number of carbonyl (C=O) groups is 2. The van der Waals surface area contributed by atoms with Crippen molar-refractivity contribution in [3.05, 3.63) is 102 Å². The van der Waals surface area contributed by atoms with E-state index in [1.165, 1.54) is 0 Å². The van der Waals surface area contributed by atoms with E-state index < -0.39 is 0 Å². The molecule has 0 atom stereocenters. The Morgan fingerprint density at radius 1 is 0.540 bits per heavy atom. The Labute approximate surface area is 296 Å². The van der Waals surface area contributed by atoms with Crippen LogP contribution < -0.4 is 21.4 Å². The molecular weight excluding hydrogens is 621 g/mol. The third-order valence-electron chi connectivity index (χ3n) is 10.6. The zero-order valence-electron chi connectivity index (χ0n) is 31.2. The lowest BCUT2D eigenvalue weighted by atomic mass is 10.0. The zero-order chi connectivity index (χ0) is 36.3. The number of nitrogens with one attached hydrogen (secondary N) is 4. The van der Waals surface area contributed by atoms with E-state index in [9.17, 15) is 9.59 Å². The van der Waals surface area contributed by atoms with Crippen molar-refractivity contribution in [3.63, 3.8) is 0 Å². The highest BCUT2D eigenvalue weighted by Crippen LogP contribution is 2.24. The van der Waals surface area contributed by atoms with E-state index in [2.05, 4.69) is 85.1 Å². The van der Waals surface area contributed by atoms with Gasteiger partial charge >= 0.3 is 0 Å². The highest BCUT2D eigenvalue weighted by molar-refractivity contribution is 5.78. The molecule has 0 fully saturated rings. The number of aromatic amines is 4. The van der Waals surface area contributed by atoms with Crippen LogP contribution in [-0.2, 0) is 22.4 Å². The van der Waals surface area contributed by atoms with Gasteiger partial charge in [-0.25, -0.2) is 0 Å². The van der Waals surface area contributed by atoms with E-state index >= 15 is 0 Å². The molecule has 8 bridgehead atoms. The van der Waals surface area contributed by atoms with Gasteiger partial charge in [0.25, 0.3) is 0 Å². The molecule has 0 saturated carbocycles. The standard InChI is InChI=1S/C42H54N6O2/c1-11-29-25(7)33-21-34-27(9)31(17-19-41(49)47(13-3)14-4)39(45-34)24-40-32(18-20-42(50)48(15-5)16-6)28(10)36(46-40)23-38-30(12-2)26(8)35(44-38)22-37(29)43-33/h11-12,21-24,43-46H,1-2,13-20H2,3-10H3. The lowest BCUT2D eigenvalue weighted by molar-refractivity contribution is -0.131. The molecule has 5 heterocycles. The summed E-state index contributed by atoms with van der Waals surface area (Å²) in [6.07, 6.45) is 14.5. The first kappa shape index (κ1) is 36.3. The molecule has 0 unspecified atom stereocenters. The Morgan fingerprint density at radius 3 is 1.58 bits per heavy atom. The molecule has 4 aromatic heterocycles. The number of nitrogens with zero attached hydrogens (tertiary/aromatic N) is 2. The minimum absolute atomic E-state index is 0.155. The second-order valence-corrected chi connectivity index (χ2v) is 13.2. The van der Waals surface area contributed by atoms with Gasteiger partial charge in [-0.05, 0) is 126 Å². The Hall–Kier alpha value is -4.98. The van der Waals surface area contributed by atoms with Crippen LogP contribution in [0.3, 0.4) is 0 Å². The Bertz CT molecular complexity index is 2190. The van der Waals surface area contributed by atoms with Crippen LogP contribution in [0.5, 0.6) is 0 Å². The maximum atomic E-state index is 13.2. The van der Waals surface area contributed by atoms with Crippen molar-refractivity contribution in [2.24, 2.45) is 0 Å². The summed E-state index contributed by atoms with van der Waals surface area (Å²) in [4.78, 5) is 45.0. The molecule has 0 aromatic carbocycles. The van der Waals surface area contributed by atoms with Crippen molar-refractivity contribution in [1.82, 2.24) is 29.7 Å². The van der Waals surface area contributed by atoms with Gasteiger partial charge in [0.15, 0.2) is 0 Å². The van der Waals surface area contributed by atoms with Gasteiger partial charge in [-0.1, -0.05) is 25.3 Å². The SMILES string of the molecule is C=Cc1c2[nH]c(c1C)C=c1[nH]c(c(CCC(=O)N(CC)CC)c1C)=Cc1[nH]c(c(C)c1CCC(=O)N(CC)CC)C=c1[nH]c(c(C)c1C=C)=C2. The molecule has 0 saturated heterocycles. The van der Waals surface area contributed by atoms with Gasteiger partial charge in [0.05, 0.1) is 0 Å². The molecule has 1 aliphatic heterocycles. The first-order valence-corrected chi connectivity index (χ1v) is 18.1. The minimum Gasteiger partial charge on any atom is -0.355 e. The Kier molecular flexibility index (Phi) is 11.1. The molecule has 0 aliphatic carbocycles. The molecule has 0 spiro atoms. The molecule has 2 amide bonds. The zero-order valence-corrected chi connectivity index (χ0v) is 31.2. The number of amides is 2. The average Bonchev–Trinajstić information content (AvgIpc) is 3.76. The van der Waals surface area contributed by atoms with Gasteiger partial charge in [0.1, 0.15) is 0 Å². The third kappa shape index (κ3) is 6.89. The van der Waals surface area contributed by atoms with Crippen molar-refractivity contribution < 1.29 is 9.59 Å². The monoisotopic (exact) mass is 674 g/mol. The predicted octanol–water partition coefficient (Wildman–Crippen LogP) is 4.75. The maximum absolute atomic E-state index is 13.2. The molecule has 5 rings (SSSR count). The van der Waals surface area contributed by atoms with E-state index in [0.717, 1.165) is 88.7 Å². The highest BCUT2D eigenvalue weighted by atomic mass is 16.2. The summed E-state index contributed by atoms with van der Waals surface area (Å²) in [6.45, 7) is 27.7. The van der Waals surface area contributed by atoms with Gasteiger partial charge in [-0.15, -0.1) is 0 Å². The summed E-state index contributed by atoms with van der Waals surface area (Å²) in [6, 6.07) is 0. The fourth-order valence-corrected chi connectivity index (χ4v) is 7.40. The normalized spacial score (nSPS) is 12.0. The fraction of sp³-hybridized carbons (Fsp3) is 0.381. The van der Waals surface area contributed by atoms with Crippen LogP contribution in [0.15, 0.2) is 13.2 Å². The summed E-state index contributed by atoms with van der Waals surface area (Å²) in [7, 11) is 0. The summed E-state index contributed by atoms with van der Waals surface area (Å²) in [5, 5.41) is 3.90. The molecule has 0 radical (unpaired) electrons. The molecule has 8 nitrogen and oxygen atoms in total. The summed E-state index contributed by atoms with van der Waals surface area (Å²) in [5.41, 5.74) is 12.6. The smallest absolute Gasteiger partial charge is 0.222 e. The number of hydrogen-bond acceptors (Lipinski definition) is 2. The molecule has 4 aromatic rings. The predicted molar refractivity (Wildman–Crippen MR) is 208 cm³/mol. The molecule has 264 valence electrons. The summed E-state index contributed by atoms with van der Waals surface area (Å²) < 4.78 is 0. The van der Waals surface area contributed by atoms with Gasteiger partial charge in [-0.3, -0.25) is 9.59 Å². The van der Waals surface area contributed by atoms with Crippen molar-refractivity contribution in [2.45, 2.75) is 81.1 Å². The lowest BCUT2D eigenvalue weighted by Gasteiger charge is -2.18. The Balaban J connectivity index is 1.81. The van der Waals surface area contributed by atoms with E-state index in [1.54, 1.807) is 0 Å². The second-order valence-electron chi connectivity index (χ2n) is 13.2. The Morgan fingerprint density at radius 2 is 1.00 bits per heavy atom. The summed E-state index contributed by atoms with van der Waals surface area (Å²) in [5.74, 6) is 0.310. The van der Waals surface area contributed by atoms with Gasteiger partial charge in [0, 0.05) is 94.3 Å². The molecule has 8 heteroatoms. The van der Waals surface area contributed by atoms with Crippen LogP contribution in [0.1, 0.15) is 108 Å². The molecule has 50 heavy (non-hydrogen) atoms. The van der Waals surface area contributed by atoms with Crippen LogP contribution in [-0.4, -0.2) is 67.7 Å². The first-order chi connectivity index (χ1) is 24.0. The lowest BCUT2D eigenvalue weighted by Crippen LogP contribution is -2.31. The van der Waals surface area contributed by atoms with Gasteiger partial charge < -0.3 is 29.7 Å². The van der Waals surface area contributed by atoms with E-state index in [4.69, 9.17) is 0 Å². The van der Waals surface area contributed by atoms with Gasteiger partial charge in [0.2, 0.25) is 11.8 Å². The van der Waals surface area contributed by atoms with Crippen LogP contribution in [0.2, 0.25) is 0 Å². The quantitative estimate of drug-likeness (QED) is 0.154. The van der Waals surface area contributed by atoms with Crippen molar-refractivity contribution in [2.75, 3.05) is 26.2 Å². The number of carbonyl (C=O) groups excluding carboxylic acids is 2. The molecule has 4 N–H and O–H groups in total. The number of H-pyrrole nitrogens is 4. The van der Waals surface area contributed by atoms with Crippen LogP contribution in [0.4, 0.5) is 0 Å². The number of rotatable bonds is 12. The number of hydrogen-bond donors (Lipinski definition) is 4. The summed E-state index contributed by atoms with van der Waals surface area (Å²) >= 11 is 0. The second kappa shape index (κ2) is 15.3. The van der Waals surface area contributed by atoms with Crippen LogP contribution in [0.25, 0.3) is 36.5 Å². The third-order valence-corrected chi connectivity index (χ3v) is 10.6. The largest absolute Gasteiger partial charge is 0.355 e. The fourth-order valence-electron chi connectivity index (χ4n) is 7.40. The molecular formula is C42H54N6O2. The maximum Gasteiger partial charge on any atom is 0.222 e. The van der Waals surface area contributed by atoms with E-state index in [-0.39, 0.29) is 11.8 Å². The van der Waals surface area contributed by atoms with Gasteiger partial charge in [-0.2, -0.15) is 0 Å². The van der Waals surface area contributed by atoms with Crippen molar-refractivity contribution in [3.8, 4) is 0 Å². The highest BCUT2D eigenvalue weighted by Gasteiger charge is 2.19. The van der Waals surface area contributed by atoms with Crippen LogP contribution >= 0.6 is 0 Å². The average molecular weight is 675 g/mol. The number of aromatic nitrogens is 4. The first-order valence-electron chi connectivity index (χ1n) is 18.1. The van der Waals surface area contributed by atoms with Crippen molar-refractivity contribution in [1.29, 1.82) is 0 Å². The minimum atomic E-state index is 0.155. The van der Waals surface area contributed by atoms with Crippen LogP contribution in [0, 0.1) is 27.7 Å². The number of fused-ring (bicyclic) bond motifs is 8. The topological polar surface area (TPSA) is 104 Å². The van der Waals surface area contributed by atoms with E-state index in [1.807, 2.05) is 49.6 Å². The van der Waals surface area contributed by atoms with Crippen molar-refractivity contribution >= 4 is 48.3 Å². The van der Waals surface area contributed by atoms with E-state index in [0.29, 0.717) is 51.9 Å².